The zero-order valence-corrected chi connectivity index (χ0v) is 17.0. The van der Waals surface area contributed by atoms with Gasteiger partial charge in [-0.1, -0.05) is 31.2 Å². The van der Waals surface area contributed by atoms with Gasteiger partial charge in [-0.3, -0.25) is 14.0 Å². The van der Waals surface area contributed by atoms with E-state index in [2.05, 4.69) is 35.5 Å². The molecule has 29 heavy (non-hydrogen) atoms. The van der Waals surface area contributed by atoms with Gasteiger partial charge >= 0.3 is 0 Å². The van der Waals surface area contributed by atoms with Gasteiger partial charge in [0.15, 0.2) is 0 Å². The number of aromatic nitrogens is 3. The molecule has 0 saturated carbocycles. The van der Waals surface area contributed by atoms with Crippen molar-refractivity contribution >= 4 is 33.0 Å². The molecule has 0 spiro atoms. The monoisotopic (exact) mass is 406 g/mol. The first kappa shape index (κ1) is 18.1. The highest BCUT2D eigenvalue weighted by Crippen LogP contribution is 2.30. The van der Waals surface area contributed by atoms with Crippen molar-refractivity contribution in [1.82, 2.24) is 19.5 Å². The normalized spacial score (nSPS) is 16.2. The summed E-state index contributed by atoms with van der Waals surface area (Å²) in [6.45, 7) is 2.04. The lowest BCUT2D eigenvalue weighted by Gasteiger charge is -2.26. The summed E-state index contributed by atoms with van der Waals surface area (Å²) in [6, 6.07) is 12.2. The van der Waals surface area contributed by atoms with E-state index in [1.807, 2.05) is 22.6 Å². The third kappa shape index (κ3) is 3.15. The van der Waals surface area contributed by atoms with E-state index < -0.39 is 0 Å². The number of fused-ring (bicyclic) bond motifs is 4. The van der Waals surface area contributed by atoms with E-state index in [0.717, 1.165) is 35.9 Å². The zero-order chi connectivity index (χ0) is 20.0. The van der Waals surface area contributed by atoms with Crippen molar-refractivity contribution in [2.75, 3.05) is 0 Å². The van der Waals surface area contributed by atoms with Crippen LogP contribution in [0.25, 0.3) is 15.7 Å². The van der Waals surface area contributed by atoms with Crippen molar-refractivity contribution in [1.29, 1.82) is 0 Å². The molecule has 7 heteroatoms. The Hall–Kier alpha value is -2.93. The molecule has 6 nitrogen and oxygen atoms in total. The second-order valence-electron chi connectivity index (χ2n) is 7.52. The van der Waals surface area contributed by atoms with Crippen LogP contribution in [-0.4, -0.2) is 20.1 Å². The van der Waals surface area contributed by atoms with E-state index in [-0.39, 0.29) is 24.1 Å². The Bertz CT molecular complexity index is 1280. The third-order valence-electron chi connectivity index (χ3n) is 5.68. The van der Waals surface area contributed by atoms with Crippen molar-refractivity contribution in [3.8, 4) is 0 Å². The molecule has 1 aromatic carbocycles. The van der Waals surface area contributed by atoms with Gasteiger partial charge in [-0.05, 0) is 48.9 Å². The van der Waals surface area contributed by atoms with E-state index in [1.165, 1.54) is 20.7 Å². The molecule has 0 aliphatic heterocycles. The van der Waals surface area contributed by atoms with Gasteiger partial charge in [0.25, 0.3) is 5.56 Å². The molecule has 0 saturated heterocycles. The summed E-state index contributed by atoms with van der Waals surface area (Å²) in [7, 11) is 0. The molecule has 5 rings (SSSR count). The Morgan fingerprint density at radius 3 is 3.00 bits per heavy atom. The average Bonchev–Trinajstić information content (AvgIpc) is 3.29. The van der Waals surface area contributed by atoms with Crippen molar-refractivity contribution in [3.05, 3.63) is 69.1 Å². The molecule has 1 amide bonds. The summed E-state index contributed by atoms with van der Waals surface area (Å²) in [5.74, 6) is -0.188. The topological polar surface area (TPSA) is 68.4 Å². The molecule has 1 atom stereocenters. The van der Waals surface area contributed by atoms with Crippen LogP contribution in [0.15, 0.2) is 47.5 Å². The fourth-order valence-corrected chi connectivity index (χ4v) is 5.25. The van der Waals surface area contributed by atoms with E-state index in [9.17, 15) is 9.59 Å². The van der Waals surface area contributed by atoms with E-state index in [0.29, 0.717) is 5.52 Å². The first-order chi connectivity index (χ1) is 14.1. The number of nitrogens with one attached hydrogen (secondary N) is 1. The van der Waals surface area contributed by atoms with Crippen molar-refractivity contribution < 1.29 is 4.79 Å². The summed E-state index contributed by atoms with van der Waals surface area (Å²) >= 11 is 1.69. The second-order valence-corrected chi connectivity index (χ2v) is 8.69. The maximum atomic E-state index is 12.9. The SMILES string of the molecule is CCc1cc2c(cc3c(=O)n(CC(=O)NC4CCCc5ccccc54)ncn32)s1. The van der Waals surface area contributed by atoms with Crippen LogP contribution in [0.5, 0.6) is 0 Å². The van der Waals surface area contributed by atoms with Gasteiger partial charge in [-0.15, -0.1) is 11.3 Å². The highest BCUT2D eigenvalue weighted by Gasteiger charge is 2.22. The molecule has 1 aliphatic carbocycles. The molecule has 3 aromatic heterocycles. The Kier molecular flexibility index (Phi) is 4.47. The largest absolute Gasteiger partial charge is 0.348 e. The van der Waals surface area contributed by atoms with Gasteiger partial charge in [0.2, 0.25) is 5.91 Å². The van der Waals surface area contributed by atoms with Crippen molar-refractivity contribution in [2.24, 2.45) is 0 Å². The number of hydrogen-bond acceptors (Lipinski definition) is 4. The van der Waals surface area contributed by atoms with Gasteiger partial charge in [0.05, 0.1) is 16.3 Å². The van der Waals surface area contributed by atoms with Gasteiger partial charge in [-0.2, -0.15) is 5.10 Å². The van der Waals surface area contributed by atoms with Crippen LogP contribution in [0.3, 0.4) is 0 Å². The second kappa shape index (κ2) is 7.15. The molecule has 0 radical (unpaired) electrons. The fraction of sp³-hybridized carbons (Fsp3) is 0.318. The van der Waals surface area contributed by atoms with E-state index in [4.69, 9.17) is 0 Å². The highest BCUT2D eigenvalue weighted by atomic mass is 32.1. The Morgan fingerprint density at radius 1 is 1.28 bits per heavy atom. The number of thiophene rings is 1. The summed E-state index contributed by atoms with van der Waals surface area (Å²) in [5.41, 5.74) is 3.79. The first-order valence-corrected chi connectivity index (χ1v) is 10.8. The molecule has 1 N–H and O–H groups in total. The van der Waals surface area contributed by atoms with Crippen LogP contribution < -0.4 is 10.9 Å². The quantitative estimate of drug-likeness (QED) is 0.564. The van der Waals surface area contributed by atoms with Crippen LogP contribution in [0, 0.1) is 0 Å². The van der Waals surface area contributed by atoms with Gasteiger partial charge < -0.3 is 5.32 Å². The van der Waals surface area contributed by atoms with Gasteiger partial charge in [0, 0.05) is 4.88 Å². The summed E-state index contributed by atoms with van der Waals surface area (Å²) in [6.07, 6.45) is 5.61. The number of nitrogens with zero attached hydrogens (tertiary/aromatic N) is 3. The number of rotatable bonds is 4. The number of carbonyl (C=O) groups is 1. The van der Waals surface area contributed by atoms with Crippen LogP contribution in [0.2, 0.25) is 0 Å². The number of carbonyl (C=O) groups excluding carboxylic acids is 1. The maximum Gasteiger partial charge on any atom is 0.291 e. The first-order valence-electron chi connectivity index (χ1n) is 10.0. The van der Waals surface area contributed by atoms with E-state index in [1.54, 1.807) is 17.7 Å². The summed E-state index contributed by atoms with van der Waals surface area (Å²) in [4.78, 5) is 26.8. The van der Waals surface area contributed by atoms with Crippen LogP contribution in [-0.2, 0) is 24.2 Å². The minimum Gasteiger partial charge on any atom is -0.348 e. The molecule has 0 bridgehead atoms. The summed E-state index contributed by atoms with van der Waals surface area (Å²) < 4.78 is 4.14. The minimum atomic E-state index is -0.242. The average molecular weight is 407 g/mol. The maximum absolute atomic E-state index is 12.9. The molecular formula is C22H22N4O2S. The van der Waals surface area contributed by atoms with Gasteiger partial charge in [0.1, 0.15) is 18.4 Å². The van der Waals surface area contributed by atoms with Gasteiger partial charge in [-0.25, -0.2) is 4.68 Å². The summed E-state index contributed by atoms with van der Waals surface area (Å²) in [5, 5.41) is 7.34. The lowest BCUT2D eigenvalue weighted by Crippen LogP contribution is -2.37. The van der Waals surface area contributed by atoms with Crippen molar-refractivity contribution in [3.63, 3.8) is 0 Å². The standard InChI is InChI=1S/C22H22N4O2S/c1-2-15-10-18-20(29-15)11-19-22(28)26(23-13-25(18)19)12-21(27)24-17-9-5-7-14-6-3-4-8-16(14)17/h3-4,6,8,10-11,13,17H,2,5,7,9,12H2,1H3,(H,24,27). The number of benzene rings is 1. The molecule has 1 aliphatic rings. The molecule has 0 fully saturated rings. The van der Waals surface area contributed by atoms with Crippen LogP contribution in [0.4, 0.5) is 0 Å². The Labute approximate surface area is 171 Å². The molecule has 4 aromatic rings. The Balaban J connectivity index is 1.40. The predicted molar refractivity (Wildman–Crippen MR) is 114 cm³/mol. The van der Waals surface area contributed by atoms with Crippen molar-refractivity contribution in [2.45, 2.75) is 45.2 Å². The molecule has 148 valence electrons. The third-order valence-corrected chi connectivity index (χ3v) is 6.90. The zero-order valence-electron chi connectivity index (χ0n) is 16.2. The lowest BCUT2D eigenvalue weighted by atomic mass is 9.88. The molecule has 1 unspecified atom stereocenters. The predicted octanol–water partition coefficient (Wildman–Crippen LogP) is 3.47. The fourth-order valence-electron chi connectivity index (χ4n) is 4.22. The highest BCUT2D eigenvalue weighted by molar-refractivity contribution is 7.19. The Morgan fingerprint density at radius 2 is 2.14 bits per heavy atom. The smallest absolute Gasteiger partial charge is 0.291 e. The lowest BCUT2D eigenvalue weighted by molar-refractivity contribution is -0.122. The molecular weight excluding hydrogens is 384 g/mol. The number of hydrogen-bond donors (Lipinski definition) is 1. The number of aryl methyl sites for hydroxylation is 2. The minimum absolute atomic E-state index is 0.00186. The van der Waals surface area contributed by atoms with Crippen LogP contribution >= 0.6 is 11.3 Å². The van der Waals surface area contributed by atoms with Crippen LogP contribution in [0.1, 0.15) is 41.8 Å². The number of amides is 1. The van der Waals surface area contributed by atoms with E-state index >= 15 is 0 Å². The molecule has 3 heterocycles.